The van der Waals surface area contributed by atoms with E-state index in [4.69, 9.17) is 4.42 Å². The highest BCUT2D eigenvalue weighted by molar-refractivity contribution is 5.77. The van der Waals surface area contributed by atoms with Gasteiger partial charge in [0.25, 0.3) is 11.7 Å². The van der Waals surface area contributed by atoms with Gasteiger partial charge >= 0.3 is 0 Å². The topological polar surface area (TPSA) is 94.1 Å². The summed E-state index contributed by atoms with van der Waals surface area (Å²) in [5.41, 5.74) is 3.09. The predicted molar refractivity (Wildman–Crippen MR) is 77.0 cm³/mol. The molecule has 2 aromatic heterocycles. The van der Waals surface area contributed by atoms with E-state index in [0.29, 0.717) is 23.7 Å². The molecule has 0 unspecified atom stereocenters. The molecule has 0 atom stereocenters. The van der Waals surface area contributed by atoms with Gasteiger partial charge in [-0.25, -0.2) is 0 Å². The summed E-state index contributed by atoms with van der Waals surface area (Å²) in [5.74, 6) is 0. The van der Waals surface area contributed by atoms with Gasteiger partial charge in [0, 0.05) is 25.0 Å². The highest BCUT2D eigenvalue weighted by Gasteiger charge is 2.11. The Morgan fingerprint density at radius 2 is 2.24 bits per heavy atom. The molecule has 2 heterocycles. The smallest absolute Gasteiger partial charge is 0.295 e. The van der Waals surface area contributed by atoms with Crippen LogP contribution in [0.15, 0.2) is 41.1 Å². The molecule has 0 fully saturated rings. The number of nitro groups is 1. The molecule has 3 rings (SSSR count). The lowest BCUT2D eigenvalue weighted by Crippen LogP contribution is -2.01. The standard InChI is InChI=1S/C14H12N4O3/c1-9-4-5-15-7-10(9)8-16-14-17-12-3-2-11(18(19)20)6-13(12)21-14/h2-7H,8H2,1H3,(H,16,17). The molecule has 1 aromatic carbocycles. The van der Waals surface area contributed by atoms with Gasteiger partial charge in [0.2, 0.25) is 0 Å². The van der Waals surface area contributed by atoms with E-state index < -0.39 is 4.92 Å². The minimum absolute atomic E-state index is 0.0201. The zero-order valence-electron chi connectivity index (χ0n) is 11.2. The number of nitro benzene ring substituents is 1. The van der Waals surface area contributed by atoms with Crippen LogP contribution in [-0.2, 0) is 6.54 Å². The fourth-order valence-electron chi connectivity index (χ4n) is 1.96. The fraction of sp³-hybridized carbons (Fsp3) is 0.143. The van der Waals surface area contributed by atoms with Gasteiger partial charge in [0.15, 0.2) is 5.58 Å². The Morgan fingerprint density at radius 1 is 1.38 bits per heavy atom. The van der Waals surface area contributed by atoms with Gasteiger partial charge in [-0.1, -0.05) is 0 Å². The molecule has 0 aliphatic rings. The molecule has 7 nitrogen and oxygen atoms in total. The maximum Gasteiger partial charge on any atom is 0.295 e. The third kappa shape index (κ3) is 2.66. The van der Waals surface area contributed by atoms with Crippen molar-refractivity contribution < 1.29 is 9.34 Å². The van der Waals surface area contributed by atoms with Crippen LogP contribution < -0.4 is 5.32 Å². The first-order valence-electron chi connectivity index (χ1n) is 6.32. The molecular formula is C14H12N4O3. The number of nitrogens with zero attached hydrogens (tertiary/aromatic N) is 3. The second-order valence-electron chi connectivity index (χ2n) is 4.58. The number of pyridine rings is 1. The molecule has 0 aliphatic heterocycles. The summed E-state index contributed by atoms with van der Waals surface area (Å²) in [6.07, 6.45) is 3.51. The number of aromatic nitrogens is 2. The van der Waals surface area contributed by atoms with E-state index in [1.54, 1.807) is 18.5 Å². The van der Waals surface area contributed by atoms with E-state index in [1.165, 1.54) is 12.1 Å². The third-order valence-electron chi connectivity index (χ3n) is 3.16. The summed E-state index contributed by atoms with van der Waals surface area (Å²) >= 11 is 0. The summed E-state index contributed by atoms with van der Waals surface area (Å²) in [4.78, 5) is 18.6. The lowest BCUT2D eigenvalue weighted by molar-refractivity contribution is -0.384. The number of hydrogen-bond donors (Lipinski definition) is 1. The number of fused-ring (bicyclic) bond motifs is 1. The molecule has 21 heavy (non-hydrogen) atoms. The van der Waals surface area contributed by atoms with Crippen LogP contribution in [0, 0.1) is 17.0 Å². The molecule has 0 amide bonds. The average Bonchev–Trinajstić information content (AvgIpc) is 2.88. The van der Waals surface area contributed by atoms with Crippen LogP contribution in [0.1, 0.15) is 11.1 Å². The van der Waals surface area contributed by atoms with Crippen LogP contribution in [0.2, 0.25) is 0 Å². The highest BCUT2D eigenvalue weighted by atomic mass is 16.6. The van der Waals surface area contributed by atoms with E-state index >= 15 is 0 Å². The molecule has 3 aromatic rings. The summed E-state index contributed by atoms with van der Waals surface area (Å²) in [6.45, 7) is 2.52. The molecule has 0 saturated carbocycles. The molecule has 1 N–H and O–H groups in total. The first kappa shape index (κ1) is 13.0. The van der Waals surface area contributed by atoms with Crippen molar-refractivity contribution >= 4 is 22.8 Å². The molecule has 0 radical (unpaired) electrons. The van der Waals surface area contributed by atoms with Gasteiger partial charge in [-0.2, -0.15) is 4.98 Å². The molecule has 106 valence electrons. The van der Waals surface area contributed by atoms with Crippen LogP contribution in [0.5, 0.6) is 0 Å². The predicted octanol–water partition coefficient (Wildman–Crippen LogP) is 3.05. The highest BCUT2D eigenvalue weighted by Crippen LogP contribution is 2.24. The first-order valence-corrected chi connectivity index (χ1v) is 6.32. The molecule has 0 saturated heterocycles. The van der Waals surface area contributed by atoms with Crippen molar-refractivity contribution in [2.45, 2.75) is 13.5 Å². The fourth-order valence-corrected chi connectivity index (χ4v) is 1.96. The Bertz CT molecular complexity index is 813. The largest absolute Gasteiger partial charge is 0.423 e. The van der Waals surface area contributed by atoms with Crippen molar-refractivity contribution in [3.63, 3.8) is 0 Å². The molecule has 7 heteroatoms. The lowest BCUT2D eigenvalue weighted by atomic mass is 10.2. The zero-order chi connectivity index (χ0) is 14.8. The Labute approximate surface area is 119 Å². The van der Waals surface area contributed by atoms with E-state index in [2.05, 4.69) is 15.3 Å². The number of oxazole rings is 1. The van der Waals surface area contributed by atoms with Gasteiger partial charge in [-0.05, 0) is 30.2 Å². The summed E-state index contributed by atoms with van der Waals surface area (Å²) in [5, 5.41) is 13.8. The quantitative estimate of drug-likeness (QED) is 0.584. The van der Waals surface area contributed by atoms with Crippen LogP contribution in [0.4, 0.5) is 11.7 Å². The SMILES string of the molecule is Cc1ccncc1CNc1nc2ccc([N+](=O)[O-])cc2o1. The lowest BCUT2D eigenvalue weighted by Gasteiger charge is -2.04. The van der Waals surface area contributed by atoms with E-state index in [9.17, 15) is 10.1 Å². The van der Waals surface area contributed by atoms with Crippen molar-refractivity contribution in [3.05, 3.63) is 57.9 Å². The minimum atomic E-state index is -0.464. The zero-order valence-corrected chi connectivity index (χ0v) is 11.2. The number of nitrogens with one attached hydrogen (secondary N) is 1. The van der Waals surface area contributed by atoms with Gasteiger partial charge in [0.1, 0.15) is 5.52 Å². The number of anilines is 1. The van der Waals surface area contributed by atoms with Crippen LogP contribution in [0.25, 0.3) is 11.1 Å². The first-order chi connectivity index (χ1) is 10.1. The number of aryl methyl sites for hydroxylation is 1. The molecule has 0 aliphatic carbocycles. The maximum absolute atomic E-state index is 10.7. The Morgan fingerprint density at radius 3 is 3.00 bits per heavy atom. The number of non-ortho nitro benzene ring substituents is 1. The molecule has 0 bridgehead atoms. The normalized spacial score (nSPS) is 10.7. The summed E-state index contributed by atoms with van der Waals surface area (Å²) in [6, 6.07) is 6.58. The second kappa shape index (κ2) is 5.20. The van der Waals surface area contributed by atoms with Gasteiger partial charge in [-0.15, -0.1) is 0 Å². The minimum Gasteiger partial charge on any atom is -0.423 e. The summed E-state index contributed by atoms with van der Waals surface area (Å²) < 4.78 is 5.47. The molecule has 0 spiro atoms. The van der Waals surface area contributed by atoms with Gasteiger partial charge < -0.3 is 9.73 Å². The number of rotatable bonds is 4. The third-order valence-corrected chi connectivity index (χ3v) is 3.16. The Balaban J connectivity index is 1.82. The van der Waals surface area contributed by atoms with E-state index in [-0.39, 0.29) is 5.69 Å². The maximum atomic E-state index is 10.7. The van der Waals surface area contributed by atoms with Crippen LogP contribution in [-0.4, -0.2) is 14.9 Å². The van der Waals surface area contributed by atoms with Crippen LogP contribution in [0.3, 0.4) is 0 Å². The van der Waals surface area contributed by atoms with Crippen LogP contribution >= 0.6 is 0 Å². The van der Waals surface area contributed by atoms with Crippen molar-refractivity contribution in [1.82, 2.24) is 9.97 Å². The Kier molecular flexibility index (Phi) is 3.23. The summed E-state index contributed by atoms with van der Waals surface area (Å²) in [7, 11) is 0. The Hall–Kier alpha value is -2.96. The van der Waals surface area contributed by atoms with Crippen molar-refractivity contribution in [3.8, 4) is 0 Å². The van der Waals surface area contributed by atoms with Gasteiger partial charge in [0.05, 0.1) is 11.0 Å². The number of benzene rings is 1. The van der Waals surface area contributed by atoms with Crippen molar-refractivity contribution in [2.75, 3.05) is 5.32 Å². The number of hydrogen-bond acceptors (Lipinski definition) is 6. The average molecular weight is 284 g/mol. The monoisotopic (exact) mass is 284 g/mol. The molecular weight excluding hydrogens is 272 g/mol. The van der Waals surface area contributed by atoms with E-state index in [0.717, 1.165) is 11.1 Å². The van der Waals surface area contributed by atoms with Crippen molar-refractivity contribution in [1.29, 1.82) is 0 Å². The van der Waals surface area contributed by atoms with Gasteiger partial charge in [-0.3, -0.25) is 15.1 Å². The second-order valence-corrected chi connectivity index (χ2v) is 4.58. The van der Waals surface area contributed by atoms with Crippen molar-refractivity contribution in [2.24, 2.45) is 0 Å². The van der Waals surface area contributed by atoms with E-state index in [1.807, 2.05) is 13.0 Å².